The Labute approximate surface area is 140 Å². The highest BCUT2D eigenvalue weighted by Gasteiger charge is 2.05. The standard InChI is InChI=1S/C17H17Cl2NO2/c1-12-4-2-5-14(10-12)22-9-3-6-17(21)20-13-7-8-15(18)16(19)11-13/h2,4-5,7-8,10-11H,3,6,9H2,1H3,(H,20,21). The Morgan fingerprint density at radius 2 is 1.95 bits per heavy atom. The lowest BCUT2D eigenvalue weighted by molar-refractivity contribution is -0.116. The average Bonchev–Trinajstić information content (AvgIpc) is 2.48. The quantitative estimate of drug-likeness (QED) is 0.744. The van der Waals surface area contributed by atoms with E-state index < -0.39 is 0 Å². The van der Waals surface area contributed by atoms with Gasteiger partial charge in [0.2, 0.25) is 5.91 Å². The summed E-state index contributed by atoms with van der Waals surface area (Å²) in [7, 11) is 0. The summed E-state index contributed by atoms with van der Waals surface area (Å²) in [5.74, 6) is 0.746. The second kappa shape index (κ2) is 8.06. The highest BCUT2D eigenvalue weighted by molar-refractivity contribution is 6.42. The summed E-state index contributed by atoms with van der Waals surface area (Å²) in [6, 6.07) is 12.8. The van der Waals surface area contributed by atoms with E-state index in [1.807, 2.05) is 31.2 Å². The van der Waals surface area contributed by atoms with E-state index in [1.165, 1.54) is 0 Å². The topological polar surface area (TPSA) is 38.3 Å². The lowest BCUT2D eigenvalue weighted by Gasteiger charge is -2.08. The van der Waals surface area contributed by atoms with Crippen molar-refractivity contribution >= 4 is 34.8 Å². The number of nitrogens with one attached hydrogen (secondary N) is 1. The molecule has 0 aliphatic rings. The van der Waals surface area contributed by atoms with Gasteiger partial charge in [-0.05, 0) is 49.2 Å². The van der Waals surface area contributed by atoms with Crippen LogP contribution in [0.5, 0.6) is 5.75 Å². The van der Waals surface area contributed by atoms with Gasteiger partial charge in [-0.25, -0.2) is 0 Å². The second-order valence-corrected chi connectivity index (χ2v) is 5.76. The number of benzene rings is 2. The maximum atomic E-state index is 11.8. The number of carbonyl (C=O) groups is 1. The van der Waals surface area contributed by atoms with Crippen LogP contribution in [0, 0.1) is 6.92 Å². The number of hydrogen-bond acceptors (Lipinski definition) is 2. The number of amides is 1. The number of carbonyl (C=O) groups excluding carboxylic acids is 1. The number of hydrogen-bond donors (Lipinski definition) is 1. The molecule has 2 rings (SSSR count). The maximum absolute atomic E-state index is 11.8. The first-order valence-electron chi connectivity index (χ1n) is 6.99. The lowest BCUT2D eigenvalue weighted by Crippen LogP contribution is -2.12. The summed E-state index contributed by atoms with van der Waals surface area (Å²) >= 11 is 11.7. The van der Waals surface area contributed by atoms with Gasteiger partial charge in [0, 0.05) is 12.1 Å². The molecule has 1 N–H and O–H groups in total. The smallest absolute Gasteiger partial charge is 0.224 e. The molecule has 0 heterocycles. The van der Waals surface area contributed by atoms with Gasteiger partial charge in [0.15, 0.2) is 0 Å². The van der Waals surface area contributed by atoms with Crippen molar-refractivity contribution in [2.24, 2.45) is 0 Å². The van der Waals surface area contributed by atoms with E-state index in [2.05, 4.69) is 5.32 Å². The molecule has 3 nitrogen and oxygen atoms in total. The first-order chi connectivity index (χ1) is 10.5. The summed E-state index contributed by atoms with van der Waals surface area (Å²) in [4.78, 5) is 11.8. The third-order valence-corrected chi connectivity index (χ3v) is 3.75. The molecule has 0 unspecified atom stereocenters. The highest BCUT2D eigenvalue weighted by atomic mass is 35.5. The van der Waals surface area contributed by atoms with Crippen LogP contribution in [-0.4, -0.2) is 12.5 Å². The van der Waals surface area contributed by atoms with Crippen LogP contribution in [0.4, 0.5) is 5.69 Å². The van der Waals surface area contributed by atoms with Crippen LogP contribution in [0.1, 0.15) is 18.4 Å². The van der Waals surface area contributed by atoms with Crippen LogP contribution in [0.3, 0.4) is 0 Å². The molecule has 0 fully saturated rings. The normalized spacial score (nSPS) is 10.3. The molecule has 0 saturated carbocycles. The van der Waals surface area contributed by atoms with E-state index in [1.54, 1.807) is 18.2 Å². The molecule has 0 aliphatic carbocycles. The van der Waals surface area contributed by atoms with Crippen LogP contribution in [0.2, 0.25) is 10.0 Å². The minimum atomic E-state index is -0.0776. The summed E-state index contributed by atoms with van der Waals surface area (Å²) < 4.78 is 5.60. The molecule has 0 bridgehead atoms. The predicted molar refractivity (Wildman–Crippen MR) is 91.0 cm³/mol. The van der Waals surface area contributed by atoms with Gasteiger partial charge >= 0.3 is 0 Å². The van der Waals surface area contributed by atoms with Crippen molar-refractivity contribution in [1.82, 2.24) is 0 Å². The summed E-state index contributed by atoms with van der Waals surface area (Å²) in [6.45, 7) is 2.51. The number of aryl methyl sites for hydroxylation is 1. The van der Waals surface area contributed by atoms with Crippen molar-refractivity contribution in [2.45, 2.75) is 19.8 Å². The van der Waals surface area contributed by atoms with Crippen molar-refractivity contribution in [3.8, 4) is 5.75 Å². The first kappa shape index (κ1) is 16.7. The minimum Gasteiger partial charge on any atom is -0.494 e. The van der Waals surface area contributed by atoms with Crippen molar-refractivity contribution in [3.05, 3.63) is 58.1 Å². The van der Waals surface area contributed by atoms with Crippen LogP contribution in [0.15, 0.2) is 42.5 Å². The van der Waals surface area contributed by atoms with Gasteiger partial charge in [-0.2, -0.15) is 0 Å². The Morgan fingerprint density at radius 1 is 1.14 bits per heavy atom. The molecule has 0 radical (unpaired) electrons. The van der Waals surface area contributed by atoms with Crippen molar-refractivity contribution < 1.29 is 9.53 Å². The van der Waals surface area contributed by atoms with Gasteiger partial charge in [-0.3, -0.25) is 4.79 Å². The number of rotatable bonds is 6. The van der Waals surface area contributed by atoms with Gasteiger partial charge in [0.05, 0.1) is 16.7 Å². The van der Waals surface area contributed by atoms with E-state index in [4.69, 9.17) is 27.9 Å². The van der Waals surface area contributed by atoms with E-state index in [0.717, 1.165) is 11.3 Å². The van der Waals surface area contributed by atoms with Crippen molar-refractivity contribution in [3.63, 3.8) is 0 Å². The molecule has 0 atom stereocenters. The maximum Gasteiger partial charge on any atom is 0.224 e. The Balaban J connectivity index is 1.72. The van der Waals surface area contributed by atoms with Crippen LogP contribution in [-0.2, 0) is 4.79 Å². The Hall–Kier alpha value is -1.71. The Morgan fingerprint density at radius 3 is 2.68 bits per heavy atom. The molecular formula is C17H17Cl2NO2. The largest absolute Gasteiger partial charge is 0.494 e. The zero-order chi connectivity index (χ0) is 15.9. The molecule has 116 valence electrons. The van der Waals surface area contributed by atoms with Crippen LogP contribution in [0.25, 0.3) is 0 Å². The van der Waals surface area contributed by atoms with Crippen molar-refractivity contribution in [2.75, 3.05) is 11.9 Å². The van der Waals surface area contributed by atoms with E-state index in [-0.39, 0.29) is 5.91 Å². The summed E-state index contributed by atoms with van der Waals surface area (Å²) in [5, 5.41) is 3.66. The van der Waals surface area contributed by atoms with E-state index >= 15 is 0 Å². The number of halogens is 2. The molecule has 0 saturated heterocycles. The molecule has 0 aliphatic heterocycles. The predicted octanol–water partition coefficient (Wildman–Crippen LogP) is 5.10. The van der Waals surface area contributed by atoms with Gasteiger partial charge in [-0.1, -0.05) is 35.3 Å². The molecule has 0 aromatic heterocycles. The summed E-state index contributed by atoms with van der Waals surface area (Å²) in [6.07, 6.45) is 1.02. The number of ether oxygens (including phenoxy) is 1. The minimum absolute atomic E-state index is 0.0776. The van der Waals surface area contributed by atoms with Crippen LogP contribution < -0.4 is 10.1 Å². The van der Waals surface area contributed by atoms with Gasteiger partial charge < -0.3 is 10.1 Å². The SMILES string of the molecule is Cc1cccc(OCCCC(=O)Nc2ccc(Cl)c(Cl)c2)c1. The Bertz CT molecular complexity index is 659. The molecule has 22 heavy (non-hydrogen) atoms. The monoisotopic (exact) mass is 337 g/mol. The first-order valence-corrected chi connectivity index (χ1v) is 7.74. The molecule has 1 amide bonds. The molecule has 0 spiro atoms. The fourth-order valence-electron chi connectivity index (χ4n) is 1.93. The fourth-order valence-corrected chi connectivity index (χ4v) is 2.22. The zero-order valence-corrected chi connectivity index (χ0v) is 13.7. The third-order valence-electron chi connectivity index (χ3n) is 3.01. The average molecular weight is 338 g/mol. The lowest BCUT2D eigenvalue weighted by atomic mass is 10.2. The molecular weight excluding hydrogens is 321 g/mol. The van der Waals surface area contributed by atoms with Gasteiger partial charge in [0.1, 0.15) is 5.75 Å². The molecule has 2 aromatic rings. The fraction of sp³-hybridized carbons (Fsp3) is 0.235. The van der Waals surface area contributed by atoms with Gasteiger partial charge in [-0.15, -0.1) is 0 Å². The third kappa shape index (κ3) is 5.24. The zero-order valence-electron chi connectivity index (χ0n) is 12.2. The van der Waals surface area contributed by atoms with E-state index in [0.29, 0.717) is 35.2 Å². The van der Waals surface area contributed by atoms with Crippen molar-refractivity contribution in [1.29, 1.82) is 0 Å². The Kier molecular flexibility index (Phi) is 6.10. The second-order valence-electron chi connectivity index (χ2n) is 4.95. The van der Waals surface area contributed by atoms with E-state index in [9.17, 15) is 4.79 Å². The van der Waals surface area contributed by atoms with Crippen LogP contribution >= 0.6 is 23.2 Å². The molecule has 2 aromatic carbocycles. The number of anilines is 1. The van der Waals surface area contributed by atoms with Gasteiger partial charge in [0.25, 0.3) is 0 Å². The molecule has 5 heteroatoms. The highest BCUT2D eigenvalue weighted by Crippen LogP contribution is 2.25. The summed E-state index contributed by atoms with van der Waals surface area (Å²) in [5.41, 5.74) is 1.79.